The van der Waals surface area contributed by atoms with Crippen LogP contribution in [0.5, 0.6) is 0 Å². The van der Waals surface area contributed by atoms with Crippen LogP contribution in [0.25, 0.3) is 93.8 Å². The van der Waals surface area contributed by atoms with Crippen molar-refractivity contribution in [2.45, 2.75) is 6.92 Å². The number of furan rings is 1. The molecule has 0 aliphatic carbocycles. The highest BCUT2D eigenvalue weighted by molar-refractivity contribution is 6.22. The molecule has 2 nitrogen and oxygen atoms in total. The third kappa shape index (κ3) is 4.53. The molecular weight excluding hydrogens is 583 g/mol. The number of aryl methyl sites for hydroxylation is 1. The summed E-state index contributed by atoms with van der Waals surface area (Å²) in [6, 6.07) is 48.0. The average Bonchev–Trinajstić information content (AvgIpc) is 3.51. The first-order valence-corrected chi connectivity index (χ1v) is 16.3. The second-order valence-electron chi connectivity index (χ2n) is 12.4. The van der Waals surface area contributed by atoms with Gasteiger partial charge in [0, 0.05) is 28.6 Å². The molecule has 48 heavy (non-hydrogen) atoms. The van der Waals surface area contributed by atoms with E-state index in [0.717, 1.165) is 33.2 Å². The summed E-state index contributed by atoms with van der Waals surface area (Å²) < 4.78 is 6.27. The van der Waals surface area contributed by atoms with Crippen molar-refractivity contribution in [3.63, 3.8) is 0 Å². The minimum absolute atomic E-state index is 0.842. The summed E-state index contributed by atoms with van der Waals surface area (Å²) in [6.45, 7) is 6.05. The summed E-state index contributed by atoms with van der Waals surface area (Å²) in [4.78, 5) is 4.97. The van der Waals surface area contributed by atoms with Crippen LogP contribution in [-0.2, 0) is 0 Å². The fraction of sp³-hybridized carbons (Fsp3) is 0.0217. The predicted octanol–water partition coefficient (Wildman–Crippen LogP) is 12.9. The lowest BCUT2D eigenvalue weighted by atomic mass is 9.84. The molecule has 0 fully saturated rings. The van der Waals surface area contributed by atoms with Crippen molar-refractivity contribution in [1.82, 2.24) is 4.98 Å². The number of allylic oxidation sites excluding steroid dienone is 2. The smallest absolute Gasteiger partial charge is 0.139 e. The molecule has 0 bridgehead atoms. The number of pyridine rings is 1. The van der Waals surface area contributed by atoms with Gasteiger partial charge in [-0.2, -0.15) is 0 Å². The predicted molar refractivity (Wildman–Crippen MR) is 204 cm³/mol. The van der Waals surface area contributed by atoms with Crippen LogP contribution in [0.1, 0.15) is 11.1 Å². The Labute approximate surface area is 278 Å². The van der Waals surface area contributed by atoms with Gasteiger partial charge in [-0.15, -0.1) is 0 Å². The number of hydrogen-bond donors (Lipinski definition) is 0. The Kier molecular flexibility index (Phi) is 6.55. The minimum Gasteiger partial charge on any atom is -0.456 e. The Bertz CT molecular complexity index is 2760. The fourth-order valence-corrected chi connectivity index (χ4v) is 7.23. The Morgan fingerprint density at radius 2 is 1.21 bits per heavy atom. The summed E-state index contributed by atoms with van der Waals surface area (Å²) in [7, 11) is 0. The van der Waals surface area contributed by atoms with E-state index in [9.17, 15) is 0 Å². The molecule has 0 unspecified atom stereocenters. The molecule has 0 saturated carbocycles. The van der Waals surface area contributed by atoms with Gasteiger partial charge in [0.2, 0.25) is 0 Å². The van der Waals surface area contributed by atoms with E-state index in [2.05, 4.69) is 135 Å². The lowest BCUT2D eigenvalue weighted by molar-refractivity contribution is 0.668. The molecular formula is C46H31NO. The Morgan fingerprint density at radius 3 is 2.04 bits per heavy atom. The first-order chi connectivity index (χ1) is 23.7. The molecule has 7 aromatic carbocycles. The molecule has 0 spiro atoms. The molecule has 0 aliphatic rings. The molecule has 0 saturated heterocycles. The van der Waals surface area contributed by atoms with Gasteiger partial charge in [-0.3, -0.25) is 4.98 Å². The molecule has 0 aliphatic heterocycles. The quantitative estimate of drug-likeness (QED) is 0.143. The second-order valence-corrected chi connectivity index (χ2v) is 12.4. The van der Waals surface area contributed by atoms with Gasteiger partial charge in [-0.1, -0.05) is 128 Å². The van der Waals surface area contributed by atoms with Crippen LogP contribution in [-0.4, -0.2) is 4.98 Å². The molecule has 226 valence electrons. The highest BCUT2D eigenvalue weighted by Gasteiger charge is 2.19. The highest BCUT2D eigenvalue weighted by atomic mass is 16.3. The summed E-state index contributed by atoms with van der Waals surface area (Å²) in [5, 5.41) is 9.41. The number of rotatable bonds is 5. The van der Waals surface area contributed by atoms with Crippen LogP contribution in [0.2, 0.25) is 0 Å². The van der Waals surface area contributed by atoms with Crippen LogP contribution < -0.4 is 0 Å². The fourth-order valence-electron chi connectivity index (χ4n) is 7.23. The zero-order valence-electron chi connectivity index (χ0n) is 26.6. The number of hydrogen-bond acceptors (Lipinski definition) is 2. The average molecular weight is 614 g/mol. The van der Waals surface area contributed by atoms with Crippen LogP contribution in [0, 0.1) is 6.92 Å². The van der Waals surface area contributed by atoms with Gasteiger partial charge in [0.05, 0.1) is 5.69 Å². The second kappa shape index (κ2) is 11.2. The van der Waals surface area contributed by atoms with Crippen LogP contribution in [0.15, 0.2) is 163 Å². The van der Waals surface area contributed by atoms with E-state index in [1.54, 1.807) is 0 Å². The molecule has 9 aromatic rings. The van der Waals surface area contributed by atoms with Crippen LogP contribution >= 0.6 is 0 Å². The summed E-state index contributed by atoms with van der Waals surface area (Å²) >= 11 is 0. The van der Waals surface area contributed by atoms with Crippen molar-refractivity contribution in [1.29, 1.82) is 0 Å². The number of nitrogens with zero attached hydrogens (tertiary/aromatic N) is 1. The van der Waals surface area contributed by atoms with Crippen molar-refractivity contribution < 1.29 is 4.42 Å². The van der Waals surface area contributed by atoms with E-state index in [1.165, 1.54) is 65.7 Å². The van der Waals surface area contributed by atoms with Crippen molar-refractivity contribution >= 4 is 60.3 Å². The molecule has 2 heterocycles. The first-order valence-electron chi connectivity index (χ1n) is 16.3. The van der Waals surface area contributed by atoms with Gasteiger partial charge in [0.15, 0.2) is 0 Å². The van der Waals surface area contributed by atoms with Gasteiger partial charge in [-0.05, 0) is 96.9 Å². The third-order valence-electron chi connectivity index (χ3n) is 9.60. The van der Waals surface area contributed by atoms with E-state index in [0.29, 0.717) is 0 Å². The van der Waals surface area contributed by atoms with Crippen molar-refractivity contribution in [2.24, 2.45) is 0 Å². The van der Waals surface area contributed by atoms with Gasteiger partial charge in [0.25, 0.3) is 0 Å². The third-order valence-corrected chi connectivity index (χ3v) is 9.60. The summed E-state index contributed by atoms with van der Waals surface area (Å²) in [5.41, 5.74) is 10.9. The molecule has 2 heteroatoms. The van der Waals surface area contributed by atoms with E-state index in [4.69, 9.17) is 9.40 Å². The van der Waals surface area contributed by atoms with Gasteiger partial charge < -0.3 is 4.42 Å². The van der Waals surface area contributed by atoms with Crippen molar-refractivity contribution in [2.75, 3.05) is 0 Å². The van der Waals surface area contributed by atoms with Crippen LogP contribution in [0.3, 0.4) is 0 Å². The molecule has 9 rings (SSSR count). The maximum atomic E-state index is 6.27. The molecule has 0 radical (unpaired) electrons. The standard InChI is InChI=1S/C46H31NO/c1-3-4-11-31-24-34(19-18-29(31)2)46-38-16-8-7-15-37(38)45(35-21-20-30-12-5-6-13-32(30)25-35)39-23-22-33(26-40(39)46)42-27-44-41(28-47-42)36-14-9-10-17-43(36)48-44/h3-28H,1H2,2H3. The van der Waals surface area contributed by atoms with E-state index in [1.807, 2.05) is 36.5 Å². The van der Waals surface area contributed by atoms with E-state index < -0.39 is 0 Å². The number of para-hydroxylation sites is 1. The number of benzene rings is 7. The van der Waals surface area contributed by atoms with Gasteiger partial charge in [-0.25, -0.2) is 0 Å². The SMILES string of the molecule is C=CC=Cc1cc(-c2c3ccccc3c(-c3ccc4ccccc4c3)c3ccc(-c4cc5oc6ccccc6c5cn4)cc23)ccc1C. The summed E-state index contributed by atoms with van der Waals surface area (Å²) in [5.74, 6) is 0. The molecule has 0 atom stereocenters. The van der Waals surface area contributed by atoms with E-state index >= 15 is 0 Å². The topological polar surface area (TPSA) is 26.0 Å². The number of aromatic nitrogens is 1. The minimum atomic E-state index is 0.842. The lowest BCUT2D eigenvalue weighted by Crippen LogP contribution is -1.93. The van der Waals surface area contributed by atoms with Gasteiger partial charge >= 0.3 is 0 Å². The maximum Gasteiger partial charge on any atom is 0.139 e. The lowest BCUT2D eigenvalue weighted by Gasteiger charge is -2.19. The maximum absolute atomic E-state index is 6.27. The number of fused-ring (bicyclic) bond motifs is 6. The molecule has 2 aromatic heterocycles. The molecule has 0 N–H and O–H groups in total. The first kappa shape index (κ1) is 28.0. The Balaban J connectivity index is 1.36. The Hall–Kier alpha value is -6.25. The largest absolute Gasteiger partial charge is 0.456 e. The normalized spacial score (nSPS) is 11.9. The zero-order chi connectivity index (χ0) is 32.2. The van der Waals surface area contributed by atoms with Crippen molar-refractivity contribution in [3.05, 3.63) is 170 Å². The van der Waals surface area contributed by atoms with Crippen molar-refractivity contribution in [3.8, 4) is 33.5 Å². The monoisotopic (exact) mass is 613 g/mol. The van der Waals surface area contributed by atoms with Gasteiger partial charge in [0.1, 0.15) is 11.2 Å². The highest BCUT2D eigenvalue weighted by Crippen LogP contribution is 2.45. The van der Waals surface area contributed by atoms with E-state index in [-0.39, 0.29) is 0 Å². The zero-order valence-corrected chi connectivity index (χ0v) is 26.6. The van der Waals surface area contributed by atoms with Crippen LogP contribution in [0.4, 0.5) is 0 Å². The molecule has 0 amide bonds. The summed E-state index contributed by atoms with van der Waals surface area (Å²) in [6.07, 6.45) is 7.91. The Morgan fingerprint density at radius 1 is 0.542 bits per heavy atom.